The molecule has 2 heterocycles. The Bertz CT molecular complexity index is 607. The Hall–Kier alpha value is -1.40. The molecule has 1 aromatic rings. The number of anilines is 1. The number of amides is 1. The maximum atomic E-state index is 12.5. The molecular formula is C19H29ClN4O2. The summed E-state index contributed by atoms with van der Waals surface area (Å²) in [5.74, 6) is 0.922. The molecule has 0 spiro atoms. The number of hydrogen-bond acceptors (Lipinski definition) is 5. The van der Waals surface area contributed by atoms with E-state index in [9.17, 15) is 4.79 Å². The first-order valence-electron chi connectivity index (χ1n) is 9.82. The number of piperidine rings is 1. The molecule has 1 aliphatic carbocycles. The standard InChI is InChI=1S/C19H29ClN4O2/c1-14-7-3-4-8-16(14)26-12-9-21-18(25)17-15(20)13-22-19(23-17)24-10-5-2-6-11-24/h13-14,16H,2-12H2,1H3,(H,21,25). The summed E-state index contributed by atoms with van der Waals surface area (Å²) in [5, 5.41) is 3.15. The second kappa shape index (κ2) is 9.51. The van der Waals surface area contributed by atoms with Gasteiger partial charge in [-0.05, 0) is 38.0 Å². The largest absolute Gasteiger partial charge is 0.376 e. The highest BCUT2D eigenvalue weighted by Gasteiger charge is 2.22. The quantitative estimate of drug-likeness (QED) is 0.765. The number of hydrogen-bond donors (Lipinski definition) is 1. The molecule has 2 fully saturated rings. The van der Waals surface area contributed by atoms with Crippen LogP contribution in [0.4, 0.5) is 5.95 Å². The third-order valence-electron chi connectivity index (χ3n) is 5.34. The smallest absolute Gasteiger partial charge is 0.271 e. The molecule has 26 heavy (non-hydrogen) atoms. The van der Waals surface area contributed by atoms with E-state index in [2.05, 4.69) is 27.1 Å². The molecule has 2 aliphatic rings. The molecule has 1 aliphatic heterocycles. The lowest BCUT2D eigenvalue weighted by molar-refractivity contribution is -0.00295. The van der Waals surface area contributed by atoms with Gasteiger partial charge in [0.1, 0.15) is 0 Å². The minimum absolute atomic E-state index is 0.244. The zero-order valence-corrected chi connectivity index (χ0v) is 16.3. The van der Waals surface area contributed by atoms with Gasteiger partial charge in [-0.25, -0.2) is 9.97 Å². The average molecular weight is 381 g/mol. The highest BCUT2D eigenvalue weighted by atomic mass is 35.5. The molecule has 1 saturated heterocycles. The van der Waals surface area contributed by atoms with Crippen LogP contribution in [-0.4, -0.2) is 48.2 Å². The molecule has 144 valence electrons. The minimum Gasteiger partial charge on any atom is -0.376 e. The van der Waals surface area contributed by atoms with Gasteiger partial charge < -0.3 is 15.0 Å². The Labute approximate surface area is 160 Å². The number of ether oxygens (including phenoxy) is 1. The van der Waals surface area contributed by atoms with Gasteiger partial charge in [0.25, 0.3) is 5.91 Å². The van der Waals surface area contributed by atoms with Crippen LogP contribution in [0.3, 0.4) is 0 Å². The molecule has 6 nitrogen and oxygen atoms in total. The molecule has 1 aromatic heterocycles. The Morgan fingerprint density at radius 2 is 2.04 bits per heavy atom. The topological polar surface area (TPSA) is 67.3 Å². The first-order valence-corrected chi connectivity index (χ1v) is 10.2. The van der Waals surface area contributed by atoms with Crippen LogP contribution in [0.25, 0.3) is 0 Å². The molecular weight excluding hydrogens is 352 g/mol. The molecule has 0 radical (unpaired) electrons. The second-order valence-corrected chi connectivity index (χ2v) is 7.75. The van der Waals surface area contributed by atoms with E-state index in [4.69, 9.17) is 16.3 Å². The van der Waals surface area contributed by atoms with Gasteiger partial charge in [0.2, 0.25) is 5.95 Å². The lowest BCUT2D eigenvalue weighted by atomic mass is 9.88. The Morgan fingerprint density at radius 1 is 1.27 bits per heavy atom. The van der Waals surface area contributed by atoms with Crippen LogP contribution in [0.2, 0.25) is 5.02 Å². The third kappa shape index (κ3) is 5.07. The lowest BCUT2D eigenvalue weighted by Crippen LogP contribution is -2.34. The van der Waals surface area contributed by atoms with Crippen molar-refractivity contribution in [2.45, 2.75) is 58.0 Å². The van der Waals surface area contributed by atoms with E-state index in [1.165, 1.54) is 31.9 Å². The van der Waals surface area contributed by atoms with Crippen molar-refractivity contribution in [2.75, 3.05) is 31.1 Å². The minimum atomic E-state index is -0.268. The molecule has 2 atom stereocenters. The summed E-state index contributed by atoms with van der Waals surface area (Å²) in [7, 11) is 0. The van der Waals surface area contributed by atoms with Crippen LogP contribution in [0.15, 0.2) is 6.20 Å². The number of carbonyl (C=O) groups excluding carboxylic acids is 1. The fraction of sp³-hybridized carbons (Fsp3) is 0.737. The van der Waals surface area contributed by atoms with Crippen molar-refractivity contribution in [3.05, 3.63) is 16.9 Å². The fourth-order valence-corrected chi connectivity index (χ4v) is 3.93. The Balaban J connectivity index is 1.50. The van der Waals surface area contributed by atoms with Crippen molar-refractivity contribution in [1.29, 1.82) is 0 Å². The summed E-state index contributed by atoms with van der Waals surface area (Å²) in [6, 6.07) is 0. The second-order valence-electron chi connectivity index (χ2n) is 7.34. The molecule has 7 heteroatoms. The fourth-order valence-electron chi connectivity index (χ4n) is 3.75. The number of rotatable bonds is 6. The highest BCUT2D eigenvalue weighted by molar-refractivity contribution is 6.33. The van der Waals surface area contributed by atoms with Crippen molar-refractivity contribution in [2.24, 2.45) is 5.92 Å². The monoisotopic (exact) mass is 380 g/mol. The van der Waals surface area contributed by atoms with E-state index in [0.717, 1.165) is 32.4 Å². The van der Waals surface area contributed by atoms with Crippen LogP contribution >= 0.6 is 11.6 Å². The maximum absolute atomic E-state index is 12.5. The van der Waals surface area contributed by atoms with Crippen molar-refractivity contribution in [3.63, 3.8) is 0 Å². The van der Waals surface area contributed by atoms with E-state index in [1.807, 2.05) is 0 Å². The molecule has 2 unspecified atom stereocenters. The molecule has 0 bridgehead atoms. The normalized spacial score (nSPS) is 23.7. The summed E-state index contributed by atoms with van der Waals surface area (Å²) >= 11 is 6.15. The summed E-state index contributed by atoms with van der Waals surface area (Å²) in [5.41, 5.74) is 0.244. The number of aromatic nitrogens is 2. The summed E-state index contributed by atoms with van der Waals surface area (Å²) < 4.78 is 5.94. The number of nitrogens with zero attached hydrogens (tertiary/aromatic N) is 3. The molecule has 1 amide bonds. The summed E-state index contributed by atoms with van der Waals surface area (Å²) in [6.45, 7) is 5.07. The van der Waals surface area contributed by atoms with Gasteiger partial charge in [-0.3, -0.25) is 4.79 Å². The van der Waals surface area contributed by atoms with Gasteiger partial charge in [-0.2, -0.15) is 0 Å². The van der Waals surface area contributed by atoms with Crippen LogP contribution in [0, 0.1) is 5.92 Å². The van der Waals surface area contributed by atoms with Crippen molar-refractivity contribution in [3.8, 4) is 0 Å². The van der Waals surface area contributed by atoms with Gasteiger partial charge in [0.05, 0.1) is 23.9 Å². The first-order chi connectivity index (χ1) is 12.6. The van der Waals surface area contributed by atoms with Gasteiger partial charge in [-0.15, -0.1) is 0 Å². The molecule has 1 N–H and O–H groups in total. The predicted octanol–water partition coefficient (Wildman–Crippen LogP) is 3.45. The van der Waals surface area contributed by atoms with E-state index in [0.29, 0.717) is 31.1 Å². The van der Waals surface area contributed by atoms with Gasteiger partial charge in [0.15, 0.2) is 5.69 Å². The lowest BCUT2D eigenvalue weighted by Gasteiger charge is -2.28. The maximum Gasteiger partial charge on any atom is 0.271 e. The number of halogens is 1. The van der Waals surface area contributed by atoms with Crippen LogP contribution in [0.5, 0.6) is 0 Å². The number of nitrogens with one attached hydrogen (secondary N) is 1. The van der Waals surface area contributed by atoms with Crippen LogP contribution in [-0.2, 0) is 4.74 Å². The van der Waals surface area contributed by atoms with E-state index < -0.39 is 0 Å². The zero-order valence-electron chi connectivity index (χ0n) is 15.5. The van der Waals surface area contributed by atoms with Gasteiger partial charge in [0, 0.05) is 19.6 Å². The van der Waals surface area contributed by atoms with Crippen LogP contribution in [0.1, 0.15) is 62.4 Å². The van der Waals surface area contributed by atoms with E-state index >= 15 is 0 Å². The zero-order chi connectivity index (χ0) is 18.4. The molecule has 3 rings (SSSR count). The van der Waals surface area contributed by atoms with Crippen molar-refractivity contribution < 1.29 is 9.53 Å². The van der Waals surface area contributed by atoms with Crippen molar-refractivity contribution >= 4 is 23.5 Å². The Kier molecular flexibility index (Phi) is 7.08. The predicted molar refractivity (Wildman–Crippen MR) is 103 cm³/mol. The van der Waals surface area contributed by atoms with Gasteiger partial charge >= 0.3 is 0 Å². The van der Waals surface area contributed by atoms with Crippen molar-refractivity contribution in [1.82, 2.24) is 15.3 Å². The van der Waals surface area contributed by atoms with E-state index in [-0.39, 0.29) is 16.6 Å². The SMILES string of the molecule is CC1CCCCC1OCCNC(=O)c1nc(N2CCCCC2)ncc1Cl. The average Bonchev–Trinajstić information content (AvgIpc) is 2.67. The molecule has 1 saturated carbocycles. The number of carbonyl (C=O) groups is 1. The van der Waals surface area contributed by atoms with E-state index in [1.54, 1.807) is 0 Å². The Morgan fingerprint density at radius 3 is 2.81 bits per heavy atom. The van der Waals surface area contributed by atoms with Crippen LogP contribution < -0.4 is 10.2 Å². The highest BCUT2D eigenvalue weighted by Crippen LogP contribution is 2.26. The third-order valence-corrected chi connectivity index (χ3v) is 5.61. The first kappa shape index (κ1) is 19.4. The van der Waals surface area contributed by atoms with Gasteiger partial charge in [-0.1, -0.05) is 31.4 Å². The summed E-state index contributed by atoms with van der Waals surface area (Å²) in [6.07, 6.45) is 10.2. The summed E-state index contributed by atoms with van der Waals surface area (Å²) in [4.78, 5) is 23.3. The molecule has 0 aromatic carbocycles.